The van der Waals surface area contributed by atoms with E-state index < -0.39 is 0 Å². The van der Waals surface area contributed by atoms with Crippen LogP contribution in [0.1, 0.15) is 41.1 Å². The minimum Gasteiger partial charge on any atom is -0.450 e. The molecule has 2 N–H and O–H groups in total. The highest BCUT2D eigenvalue weighted by Crippen LogP contribution is 2.32. The number of hydrogen-bond donors (Lipinski definition) is 2. The quantitative estimate of drug-likeness (QED) is 0.464. The zero-order valence-corrected chi connectivity index (χ0v) is 18.1. The van der Waals surface area contributed by atoms with Gasteiger partial charge in [-0.25, -0.2) is 4.79 Å². The van der Waals surface area contributed by atoms with Crippen molar-refractivity contribution in [2.24, 2.45) is 0 Å². The largest absolute Gasteiger partial charge is 0.450 e. The predicted octanol–water partition coefficient (Wildman–Crippen LogP) is 5.31. The van der Waals surface area contributed by atoms with E-state index in [2.05, 4.69) is 16.7 Å². The number of aryl methyl sites for hydroxylation is 1. The first kappa shape index (κ1) is 20.1. The van der Waals surface area contributed by atoms with Gasteiger partial charge in [-0.3, -0.25) is 9.69 Å². The van der Waals surface area contributed by atoms with Gasteiger partial charge in [0.1, 0.15) is 5.58 Å². The average Bonchev–Trinajstić information content (AvgIpc) is 3.16. The molecule has 3 aromatic carbocycles. The molecule has 4 aromatic rings. The van der Waals surface area contributed by atoms with Crippen molar-refractivity contribution in [3.8, 4) is 0 Å². The molecule has 0 spiro atoms. The molecule has 1 saturated heterocycles. The van der Waals surface area contributed by atoms with E-state index in [-0.39, 0.29) is 18.0 Å². The molecule has 2 heterocycles. The van der Waals surface area contributed by atoms with Gasteiger partial charge in [-0.2, -0.15) is 0 Å². The summed E-state index contributed by atoms with van der Waals surface area (Å²) < 4.78 is 6.06. The summed E-state index contributed by atoms with van der Waals surface area (Å²) in [4.78, 5) is 26.8. The van der Waals surface area contributed by atoms with E-state index in [9.17, 15) is 9.59 Å². The summed E-state index contributed by atoms with van der Waals surface area (Å²) in [5.74, 6) is 0.0968. The Hall–Kier alpha value is -3.80. The first-order valence-electron chi connectivity index (χ1n) is 10.9. The van der Waals surface area contributed by atoms with Gasteiger partial charge in [-0.05, 0) is 43.4 Å². The highest BCUT2D eigenvalue weighted by atomic mass is 16.3. The standard InChI is InChI=1S/C26H25N3O3/c1-16-21-13-10-19-6-3-4-7-22(19)24(21)32-23(16)25(30)28-17(2)18-8-11-20(12-9-18)29-15-5-14-27-26(29)31/h3-4,6-13,17H,5,14-15H2,1-2H3,(H,27,31)(H,28,30)/t17-/m0/s1. The van der Waals surface area contributed by atoms with Gasteiger partial charge in [0.05, 0.1) is 6.04 Å². The van der Waals surface area contributed by atoms with E-state index in [1.54, 1.807) is 4.90 Å². The normalized spacial score (nSPS) is 15.1. The fourth-order valence-electron chi connectivity index (χ4n) is 4.33. The maximum absolute atomic E-state index is 13.0. The van der Waals surface area contributed by atoms with Gasteiger partial charge >= 0.3 is 6.03 Å². The lowest BCUT2D eigenvalue weighted by Gasteiger charge is -2.27. The third kappa shape index (κ3) is 3.47. The Labute approximate surface area is 186 Å². The van der Waals surface area contributed by atoms with Crippen LogP contribution in [0.3, 0.4) is 0 Å². The fraction of sp³-hybridized carbons (Fsp3) is 0.231. The molecule has 3 amide bonds. The van der Waals surface area contributed by atoms with Crippen LogP contribution in [-0.4, -0.2) is 25.0 Å². The summed E-state index contributed by atoms with van der Waals surface area (Å²) in [7, 11) is 0. The number of nitrogens with one attached hydrogen (secondary N) is 2. The molecule has 0 aliphatic carbocycles. The summed E-state index contributed by atoms with van der Waals surface area (Å²) in [6.07, 6.45) is 0.923. The van der Waals surface area contributed by atoms with Crippen molar-refractivity contribution < 1.29 is 14.0 Å². The molecule has 6 heteroatoms. The Morgan fingerprint density at radius 3 is 2.62 bits per heavy atom. The van der Waals surface area contributed by atoms with Crippen molar-refractivity contribution in [3.05, 3.63) is 77.6 Å². The van der Waals surface area contributed by atoms with Gasteiger partial charge in [-0.15, -0.1) is 0 Å². The second-order valence-corrected chi connectivity index (χ2v) is 8.24. The van der Waals surface area contributed by atoms with Crippen molar-refractivity contribution in [3.63, 3.8) is 0 Å². The molecule has 1 atom stereocenters. The van der Waals surface area contributed by atoms with Crippen LogP contribution >= 0.6 is 0 Å². The number of furan rings is 1. The summed E-state index contributed by atoms with van der Waals surface area (Å²) in [5, 5.41) is 8.93. The van der Waals surface area contributed by atoms with Gasteiger partial charge in [0.25, 0.3) is 5.91 Å². The lowest BCUT2D eigenvalue weighted by molar-refractivity contribution is 0.0913. The number of anilines is 1. The van der Waals surface area contributed by atoms with E-state index in [4.69, 9.17) is 4.42 Å². The number of carbonyl (C=O) groups is 2. The van der Waals surface area contributed by atoms with Gasteiger partial charge in [-0.1, -0.05) is 48.5 Å². The SMILES string of the molecule is Cc1c(C(=O)N[C@@H](C)c2ccc(N3CCCNC3=O)cc2)oc2c1ccc1ccccc12. The highest BCUT2D eigenvalue weighted by Gasteiger charge is 2.22. The molecule has 0 bridgehead atoms. The van der Waals surface area contributed by atoms with Crippen LogP contribution in [0.2, 0.25) is 0 Å². The lowest BCUT2D eigenvalue weighted by Crippen LogP contribution is -2.46. The monoisotopic (exact) mass is 427 g/mol. The summed E-state index contributed by atoms with van der Waals surface area (Å²) >= 11 is 0. The maximum Gasteiger partial charge on any atom is 0.321 e. The minimum absolute atomic E-state index is 0.0711. The van der Waals surface area contributed by atoms with Crippen molar-refractivity contribution in [1.82, 2.24) is 10.6 Å². The van der Waals surface area contributed by atoms with Crippen molar-refractivity contribution in [1.29, 1.82) is 0 Å². The highest BCUT2D eigenvalue weighted by molar-refractivity contribution is 6.09. The Morgan fingerprint density at radius 1 is 1.06 bits per heavy atom. The van der Waals surface area contributed by atoms with Crippen molar-refractivity contribution in [2.75, 3.05) is 18.0 Å². The Morgan fingerprint density at radius 2 is 1.84 bits per heavy atom. The molecule has 1 fully saturated rings. The molecule has 1 aliphatic heterocycles. The van der Waals surface area contributed by atoms with Crippen molar-refractivity contribution in [2.45, 2.75) is 26.3 Å². The van der Waals surface area contributed by atoms with Gasteiger partial charge in [0.15, 0.2) is 5.76 Å². The number of nitrogens with zero attached hydrogens (tertiary/aromatic N) is 1. The summed E-state index contributed by atoms with van der Waals surface area (Å²) in [5.41, 5.74) is 3.38. The first-order chi connectivity index (χ1) is 15.5. The van der Waals surface area contributed by atoms with Crippen LogP contribution in [0.4, 0.5) is 10.5 Å². The molecular formula is C26H25N3O3. The van der Waals surface area contributed by atoms with Crippen molar-refractivity contribution >= 4 is 39.4 Å². The number of benzene rings is 3. The molecule has 32 heavy (non-hydrogen) atoms. The third-order valence-electron chi connectivity index (χ3n) is 6.17. The van der Waals surface area contributed by atoms with E-state index in [1.165, 1.54) is 0 Å². The van der Waals surface area contributed by atoms with E-state index in [1.807, 2.05) is 68.4 Å². The van der Waals surface area contributed by atoms with Crippen LogP contribution in [0.25, 0.3) is 21.7 Å². The second-order valence-electron chi connectivity index (χ2n) is 8.24. The van der Waals surface area contributed by atoms with Crippen LogP contribution in [0, 0.1) is 6.92 Å². The topological polar surface area (TPSA) is 74.6 Å². The zero-order chi connectivity index (χ0) is 22.2. The number of hydrogen-bond acceptors (Lipinski definition) is 3. The average molecular weight is 428 g/mol. The van der Waals surface area contributed by atoms with Gasteiger partial charge in [0.2, 0.25) is 0 Å². The number of amides is 3. The lowest BCUT2D eigenvalue weighted by atomic mass is 10.0. The minimum atomic E-state index is -0.241. The molecule has 1 aromatic heterocycles. The van der Waals surface area contributed by atoms with E-state index >= 15 is 0 Å². The molecule has 162 valence electrons. The van der Waals surface area contributed by atoms with E-state index in [0.717, 1.165) is 45.0 Å². The van der Waals surface area contributed by atoms with Crippen LogP contribution in [0.5, 0.6) is 0 Å². The maximum atomic E-state index is 13.0. The van der Waals surface area contributed by atoms with Crippen LogP contribution < -0.4 is 15.5 Å². The zero-order valence-electron chi connectivity index (χ0n) is 18.1. The smallest absolute Gasteiger partial charge is 0.321 e. The molecule has 6 nitrogen and oxygen atoms in total. The third-order valence-corrected chi connectivity index (χ3v) is 6.17. The number of fused-ring (bicyclic) bond motifs is 3. The molecule has 0 saturated carbocycles. The Bertz CT molecular complexity index is 1320. The molecule has 1 aliphatic rings. The van der Waals surface area contributed by atoms with Crippen LogP contribution in [0.15, 0.2) is 65.1 Å². The molecule has 0 radical (unpaired) electrons. The Balaban J connectivity index is 1.36. The predicted molar refractivity (Wildman–Crippen MR) is 126 cm³/mol. The first-order valence-corrected chi connectivity index (χ1v) is 10.9. The second kappa shape index (κ2) is 8.04. The van der Waals surface area contributed by atoms with Gasteiger partial charge in [0, 0.05) is 35.1 Å². The van der Waals surface area contributed by atoms with Crippen LogP contribution in [-0.2, 0) is 0 Å². The van der Waals surface area contributed by atoms with E-state index in [0.29, 0.717) is 18.8 Å². The van der Waals surface area contributed by atoms with Gasteiger partial charge < -0.3 is 15.1 Å². The number of rotatable bonds is 4. The fourth-order valence-corrected chi connectivity index (χ4v) is 4.33. The molecule has 5 rings (SSSR count). The summed E-state index contributed by atoms with van der Waals surface area (Å²) in [6.45, 7) is 5.28. The Kier molecular flexibility index (Phi) is 5.05. The molecule has 0 unspecified atom stereocenters. The molecular weight excluding hydrogens is 402 g/mol. The number of urea groups is 1. The number of carbonyl (C=O) groups excluding carboxylic acids is 2. The summed E-state index contributed by atoms with van der Waals surface area (Å²) in [6, 6.07) is 19.5.